The molecule has 11 heterocycles. The fourth-order valence-electron chi connectivity index (χ4n) is 14.8. The second kappa shape index (κ2) is 38.5. The van der Waals surface area contributed by atoms with Crippen molar-refractivity contribution in [2.24, 2.45) is 5.92 Å². The van der Waals surface area contributed by atoms with Gasteiger partial charge in [0.05, 0.1) is 0 Å². The molecule has 3 saturated heterocycles. The first-order chi connectivity index (χ1) is 53.5. The van der Waals surface area contributed by atoms with E-state index in [1.165, 1.54) is 0 Å². The number of allylic oxidation sites excluding steroid dienone is 1. The Bertz CT molecular complexity index is 4740. The Kier molecular flexibility index (Phi) is 29.5. The number of likely N-dealkylation sites (tertiary alicyclic amines) is 3. The summed E-state index contributed by atoms with van der Waals surface area (Å²) >= 11 is 0. The largest absolute Gasteiger partial charge is 0.353 e. The minimum absolute atomic E-state index is 0.000812. The van der Waals surface area contributed by atoms with Gasteiger partial charge in [-0.15, -0.1) is 0 Å². The number of rotatable bonds is 17. The minimum atomic E-state index is -0.0471. The van der Waals surface area contributed by atoms with E-state index in [0.717, 1.165) is 133 Å². The van der Waals surface area contributed by atoms with Gasteiger partial charge >= 0.3 is 18.1 Å². The number of fused-ring (bicyclic) bond motifs is 4. The molecule has 1 saturated carbocycles. The third-order valence-corrected chi connectivity index (χ3v) is 21.2. The summed E-state index contributed by atoms with van der Waals surface area (Å²) in [5.41, 5.74) is 8.33. The molecule has 0 atom stereocenters. The number of nitrogens with one attached hydrogen (secondary N) is 8. The molecule has 12 rings (SSSR count). The highest BCUT2D eigenvalue weighted by atomic mass is 16.2. The summed E-state index contributed by atoms with van der Waals surface area (Å²) in [6.07, 6.45) is 18.2. The number of hydrogen-bond donors (Lipinski definition) is 8. The van der Waals surface area contributed by atoms with Gasteiger partial charge in [0.1, 0.15) is 22.8 Å². The van der Waals surface area contributed by atoms with Crippen LogP contribution < -0.4 is 64.1 Å². The molecule has 4 aliphatic heterocycles. The number of hydrogen-bond acceptors (Lipinski definition) is 20. The topological polar surface area (TPSA) is 347 Å². The second-order valence-corrected chi connectivity index (χ2v) is 33.2. The van der Waals surface area contributed by atoms with Crippen molar-refractivity contribution in [1.82, 2.24) is 89.5 Å². The lowest BCUT2D eigenvalue weighted by Crippen LogP contribution is -2.48. The number of anilines is 5. The molecule has 5 aliphatic rings. The van der Waals surface area contributed by atoms with Gasteiger partial charge in [0.2, 0.25) is 29.7 Å². The average Bonchev–Trinajstić information content (AvgIpc) is 0.741. The molecule has 113 heavy (non-hydrogen) atoms. The molecular weight excluding hydrogens is 1430 g/mol. The Morgan fingerprint density at radius 1 is 0.425 bits per heavy atom. The molecule has 30 nitrogen and oxygen atoms in total. The van der Waals surface area contributed by atoms with Gasteiger partial charge in [-0.05, 0) is 225 Å². The maximum Gasteiger partial charge on any atom is 0.317 e. The van der Waals surface area contributed by atoms with Gasteiger partial charge < -0.3 is 62.1 Å². The third-order valence-electron chi connectivity index (χ3n) is 21.2. The Morgan fingerprint density at radius 3 is 1.25 bits per heavy atom. The highest BCUT2D eigenvalue weighted by Gasteiger charge is 2.31. The van der Waals surface area contributed by atoms with E-state index in [9.17, 15) is 33.6 Å². The van der Waals surface area contributed by atoms with Crippen molar-refractivity contribution >= 4 is 92.8 Å². The molecule has 8 N–H and O–H groups in total. The Hall–Kier alpha value is -10.3. The second-order valence-electron chi connectivity index (χ2n) is 33.2. The van der Waals surface area contributed by atoms with Crippen LogP contribution in [0.1, 0.15) is 228 Å². The fraction of sp³-hybridized carbons (Fsp3) is 0.602. The standard InChI is InChI=1S/C21H32N6O2.C21H32N6O.C21H31N5O2.C20H30N6O2/c1-12(2)23-21(29)26-9-7-16(8-10-26)24-20-22-11-17-14(5)15(6)19(28)27(13(3)4)18(17)25-20;1-13(2)23-21(28)26-9-7-18(8-10-26)24-20-22-12-17-11-15(5)16(6)27(14(3)4)19(17)25-20;1-12(2)19(27)23-16-6-8-17(9-7-16)24-21-22-11-15-10-14(5)20(28)26(13(3)4)18(15)25-21;1-12(2)22-20(28)25-8-6-15(7-9-25)23-19-21-11-16-14(5)10-17(27)26(13(3)4)18(16)24-19/h11-13,16H,7-10H2,1-6H3,(H,23,29)(H,22,24,25);11-14,18H,6-10H2,1-5H3,(H,23,28)(H,22,24,25);10-13,16-17H,6-9H2,1-5H3,(H,23,27)(H,22,24,25);10-13,15H,6-9H2,1-5H3,(H,22,28)(H,21,23,24). The number of amides is 7. The number of piperidine rings is 3. The zero-order valence-corrected chi connectivity index (χ0v) is 70.6. The maximum absolute atomic E-state index is 12.8. The lowest BCUT2D eigenvalue weighted by Gasteiger charge is -2.35. The molecule has 0 aromatic carbocycles. The van der Waals surface area contributed by atoms with Crippen LogP contribution in [0.5, 0.6) is 0 Å². The van der Waals surface area contributed by atoms with Crippen molar-refractivity contribution in [3.05, 3.63) is 114 Å². The maximum atomic E-state index is 12.8. The van der Waals surface area contributed by atoms with E-state index in [1.54, 1.807) is 38.4 Å². The van der Waals surface area contributed by atoms with E-state index in [2.05, 4.69) is 111 Å². The van der Waals surface area contributed by atoms with E-state index in [4.69, 9.17) is 9.97 Å². The lowest BCUT2D eigenvalue weighted by molar-refractivity contribution is -0.124. The van der Waals surface area contributed by atoms with Gasteiger partial charge in [0.15, 0.2) is 0 Å². The number of nitrogens with zero attached hydrogens (tertiary/aromatic N) is 15. The van der Waals surface area contributed by atoms with Crippen LogP contribution in [0.25, 0.3) is 39.2 Å². The van der Waals surface area contributed by atoms with Gasteiger partial charge in [0, 0.05) is 187 Å². The molecule has 7 aromatic heterocycles. The van der Waals surface area contributed by atoms with Gasteiger partial charge in [-0.3, -0.25) is 32.9 Å². The lowest BCUT2D eigenvalue weighted by atomic mass is 9.91. The molecule has 1 aliphatic carbocycles. The van der Waals surface area contributed by atoms with Crippen LogP contribution in [0.2, 0.25) is 0 Å². The van der Waals surface area contributed by atoms with Crippen LogP contribution >= 0.6 is 0 Å². The van der Waals surface area contributed by atoms with E-state index in [-0.39, 0.29) is 119 Å². The summed E-state index contributed by atoms with van der Waals surface area (Å²) < 4.78 is 5.17. The predicted molar refractivity (Wildman–Crippen MR) is 452 cm³/mol. The number of pyridine rings is 3. The van der Waals surface area contributed by atoms with E-state index in [0.29, 0.717) is 72.5 Å². The molecule has 0 unspecified atom stereocenters. The van der Waals surface area contributed by atoms with Gasteiger partial charge in [-0.2, -0.15) is 19.9 Å². The van der Waals surface area contributed by atoms with Gasteiger partial charge in [0.25, 0.3) is 16.7 Å². The Labute approximate surface area is 665 Å². The van der Waals surface area contributed by atoms with Crippen LogP contribution in [0.3, 0.4) is 0 Å². The van der Waals surface area contributed by atoms with Crippen molar-refractivity contribution in [2.45, 2.75) is 282 Å². The highest BCUT2D eigenvalue weighted by molar-refractivity contribution is 5.82. The molecular formula is C83H125N23O7. The summed E-state index contributed by atoms with van der Waals surface area (Å²) in [6, 6.07) is 5.41. The Balaban J connectivity index is 0.000000173. The predicted octanol–water partition coefficient (Wildman–Crippen LogP) is 12.5. The number of aromatic nitrogens is 11. The minimum Gasteiger partial charge on any atom is -0.353 e. The zero-order chi connectivity index (χ0) is 82.6. The van der Waals surface area contributed by atoms with Crippen LogP contribution in [-0.4, -0.2) is 186 Å². The summed E-state index contributed by atoms with van der Waals surface area (Å²) in [4.78, 5) is 130. The van der Waals surface area contributed by atoms with Crippen LogP contribution in [0.4, 0.5) is 44.0 Å². The van der Waals surface area contributed by atoms with Gasteiger partial charge in [-0.25, -0.2) is 34.3 Å². The van der Waals surface area contributed by atoms with Gasteiger partial charge in [-0.1, -0.05) is 20.4 Å². The zero-order valence-electron chi connectivity index (χ0n) is 70.6. The van der Waals surface area contributed by atoms with Crippen molar-refractivity contribution < 1.29 is 19.2 Å². The third kappa shape index (κ3) is 22.1. The van der Waals surface area contributed by atoms with Crippen LogP contribution in [0, 0.1) is 33.6 Å². The van der Waals surface area contributed by atoms with E-state index in [1.807, 2.05) is 152 Å². The number of carbonyl (C=O) groups excluding carboxylic acids is 4. The monoisotopic (exact) mass is 1560 g/mol. The summed E-state index contributed by atoms with van der Waals surface area (Å²) in [7, 11) is 0. The quantitative estimate of drug-likeness (QED) is 0.0420. The SMILES string of the molecule is C=C1C(C)=Cc2cnc(NC3CCN(C(=O)NC(C)C)CC3)nc2N1C(C)C.Cc1c(C)c2cnc(NC3CCN(C(=O)NC(C)C)CC3)nc2n(C(C)C)c1=O.Cc1cc(=O)n(C(C)C)c2nc(NC3CCN(C(=O)NC(C)C)CC3)ncc12.Cc1cc2cnc(NC3CCC(NC(=O)C(C)C)CC3)nc2n(C(C)C)c1=O. The highest BCUT2D eigenvalue weighted by Crippen LogP contribution is 2.35. The molecule has 30 heteroatoms. The molecule has 0 spiro atoms. The number of urea groups is 3. The number of aryl methyl sites for hydroxylation is 3. The molecule has 7 amide bonds. The summed E-state index contributed by atoms with van der Waals surface area (Å²) in [6.45, 7) is 49.9. The summed E-state index contributed by atoms with van der Waals surface area (Å²) in [5.74, 6) is 3.28. The number of carbonyl (C=O) groups is 4. The normalized spacial score (nSPS) is 17.1. The first-order valence-corrected chi connectivity index (χ1v) is 40.7. The fourth-order valence-corrected chi connectivity index (χ4v) is 14.8. The Morgan fingerprint density at radius 2 is 0.814 bits per heavy atom. The van der Waals surface area contributed by atoms with Crippen molar-refractivity contribution in [1.29, 1.82) is 0 Å². The first kappa shape index (κ1) is 86.7. The summed E-state index contributed by atoms with van der Waals surface area (Å²) in [5, 5.41) is 28.3. The van der Waals surface area contributed by atoms with Crippen molar-refractivity contribution in [2.75, 3.05) is 65.4 Å². The van der Waals surface area contributed by atoms with Crippen LogP contribution in [0.15, 0.2) is 69.2 Å². The molecule has 7 aromatic rings. The van der Waals surface area contributed by atoms with E-state index >= 15 is 0 Å². The smallest absolute Gasteiger partial charge is 0.317 e. The average molecular weight is 1560 g/mol. The van der Waals surface area contributed by atoms with Crippen molar-refractivity contribution in [3.63, 3.8) is 0 Å². The molecule has 4 fully saturated rings. The first-order valence-electron chi connectivity index (χ1n) is 40.7. The van der Waals surface area contributed by atoms with Crippen molar-refractivity contribution in [3.8, 4) is 0 Å². The van der Waals surface area contributed by atoms with Crippen LogP contribution in [-0.2, 0) is 4.79 Å². The molecule has 0 radical (unpaired) electrons. The molecule has 0 bridgehead atoms. The molecule has 614 valence electrons. The van der Waals surface area contributed by atoms with E-state index < -0.39 is 0 Å².